The molecule has 0 saturated heterocycles. The molecular formula is C67H49N3. The van der Waals surface area contributed by atoms with Gasteiger partial charge >= 0.3 is 0 Å². The second-order valence-electron chi connectivity index (χ2n) is 19.7. The van der Waals surface area contributed by atoms with Crippen LogP contribution in [0.25, 0.3) is 44.8 Å². The Kier molecular flexibility index (Phi) is 8.65. The molecule has 3 heteroatoms. The first-order valence-corrected chi connectivity index (χ1v) is 25.1. The first-order chi connectivity index (χ1) is 34.8. The van der Waals surface area contributed by atoms with E-state index in [2.05, 4.69) is 257 Å². The summed E-state index contributed by atoms with van der Waals surface area (Å²) in [5.74, 6) is 0.0335. The second-order valence-corrected chi connectivity index (χ2v) is 19.7. The topological polar surface area (TPSA) is 11.4 Å². The van der Waals surface area contributed by atoms with Crippen LogP contribution in [0.4, 0.5) is 22.7 Å². The van der Waals surface area contributed by atoms with Crippen LogP contribution in [0.5, 0.6) is 0 Å². The smallest absolute Gasteiger partial charge is 0.0736 e. The summed E-state index contributed by atoms with van der Waals surface area (Å²) in [4.78, 5) is 5.30. The average Bonchev–Trinajstić information content (AvgIpc) is 4.15. The minimum atomic E-state index is -0.471. The molecule has 1 spiro atoms. The Labute approximate surface area is 409 Å². The van der Waals surface area contributed by atoms with Gasteiger partial charge in [-0.05, 0) is 117 Å². The number of aromatic nitrogens is 1. The molecule has 6 aliphatic rings. The van der Waals surface area contributed by atoms with Gasteiger partial charge in [0, 0.05) is 45.0 Å². The summed E-state index contributed by atoms with van der Waals surface area (Å²) >= 11 is 0. The average molecular weight is 896 g/mol. The molecule has 332 valence electrons. The minimum absolute atomic E-state index is 0.0335. The first-order valence-electron chi connectivity index (χ1n) is 25.1. The Balaban J connectivity index is 1.04. The molecule has 1 aromatic heterocycles. The molecule has 15 rings (SSSR count). The van der Waals surface area contributed by atoms with E-state index in [0.717, 1.165) is 19.3 Å². The Morgan fingerprint density at radius 3 is 1.96 bits per heavy atom. The van der Waals surface area contributed by atoms with Crippen LogP contribution in [-0.4, -0.2) is 10.6 Å². The highest BCUT2D eigenvalue weighted by Crippen LogP contribution is 2.65. The third-order valence-electron chi connectivity index (χ3n) is 16.4. The summed E-state index contributed by atoms with van der Waals surface area (Å²) < 4.78 is 2.75. The van der Waals surface area contributed by atoms with Gasteiger partial charge in [-0.25, -0.2) is 0 Å². The fraction of sp³-hybridized carbons (Fsp3) is 0.104. The van der Waals surface area contributed by atoms with E-state index in [9.17, 15) is 0 Å². The van der Waals surface area contributed by atoms with Crippen molar-refractivity contribution < 1.29 is 0 Å². The van der Waals surface area contributed by atoms with Gasteiger partial charge in [0.25, 0.3) is 0 Å². The Morgan fingerprint density at radius 1 is 0.529 bits per heavy atom. The van der Waals surface area contributed by atoms with Gasteiger partial charge in [0.15, 0.2) is 0 Å². The normalized spacial score (nSPS) is 19.2. The standard InChI is InChI=1S/C67H49N3/c1-4-21-44(22-5-1)45-41-42-59-53(43-45)50-31-18-40-63(66(50)69(59)47-25-8-3-9-26-47)70(62-39-20-38-61-65(62)52-30-13-17-36-58(52)68(61)46-23-6-2-7-24-46)60-37-19-35-57-64(60)51-29-12-16-34-56(51)67(57)54-32-14-10-27-48(54)49-28-11-15-33-55(49)67/h1-25,27-40,43,47,62,65H,26,41-42H2. The summed E-state index contributed by atoms with van der Waals surface area (Å²) in [6, 6.07) is 73.3. The predicted octanol–water partition coefficient (Wildman–Crippen LogP) is 16.4. The van der Waals surface area contributed by atoms with E-state index in [1.165, 1.54) is 112 Å². The molecule has 0 N–H and O–H groups in total. The molecule has 3 nitrogen and oxygen atoms in total. The summed E-state index contributed by atoms with van der Waals surface area (Å²) in [7, 11) is 0. The predicted molar refractivity (Wildman–Crippen MR) is 290 cm³/mol. The molecular weight excluding hydrogens is 847 g/mol. The molecule has 2 heterocycles. The maximum Gasteiger partial charge on any atom is 0.0736 e. The molecule has 5 aliphatic carbocycles. The molecule has 0 saturated carbocycles. The van der Waals surface area contributed by atoms with Gasteiger partial charge in [-0.15, -0.1) is 0 Å². The molecule has 0 radical (unpaired) electrons. The highest BCUT2D eigenvalue weighted by atomic mass is 15.2. The quantitative estimate of drug-likeness (QED) is 0.165. The molecule has 3 atom stereocenters. The number of rotatable bonds is 6. The van der Waals surface area contributed by atoms with Gasteiger partial charge < -0.3 is 14.4 Å². The molecule has 9 aromatic rings. The monoisotopic (exact) mass is 895 g/mol. The lowest BCUT2D eigenvalue weighted by Crippen LogP contribution is -2.38. The van der Waals surface area contributed by atoms with E-state index in [4.69, 9.17) is 0 Å². The van der Waals surface area contributed by atoms with Gasteiger partial charge in [-0.2, -0.15) is 0 Å². The largest absolute Gasteiger partial charge is 0.335 e. The van der Waals surface area contributed by atoms with Gasteiger partial charge in [-0.3, -0.25) is 0 Å². The van der Waals surface area contributed by atoms with Crippen molar-refractivity contribution in [3.05, 3.63) is 287 Å². The van der Waals surface area contributed by atoms with Crippen molar-refractivity contribution in [1.29, 1.82) is 0 Å². The maximum atomic E-state index is 2.79. The van der Waals surface area contributed by atoms with Gasteiger partial charge in [0.05, 0.1) is 34.6 Å². The van der Waals surface area contributed by atoms with Crippen LogP contribution in [0.15, 0.2) is 242 Å². The Bertz CT molecular complexity index is 3740. The zero-order valence-electron chi connectivity index (χ0n) is 38.8. The van der Waals surface area contributed by atoms with E-state index in [1.54, 1.807) is 0 Å². The van der Waals surface area contributed by atoms with Crippen LogP contribution >= 0.6 is 0 Å². The third kappa shape index (κ3) is 5.40. The van der Waals surface area contributed by atoms with Crippen molar-refractivity contribution in [2.24, 2.45) is 0 Å². The lowest BCUT2D eigenvalue weighted by atomic mass is 9.70. The Hall–Kier alpha value is -8.40. The van der Waals surface area contributed by atoms with Crippen LogP contribution in [0.3, 0.4) is 0 Å². The van der Waals surface area contributed by atoms with Crippen LogP contribution in [0.1, 0.15) is 69.4 Å². The van der Waals surface area contributed by atoms with E-state index < -0.39 is 5.41 Å². The van der Waals surface area contributed by atoms with Crippen molar-refractivity contribution in [2.45, 2.75) is 42.7 Å². The molecule has 0 amide bonds. The molecule has 70 heavy (non-hydrogen) atoms. The second kappa shape index (κ2) is 15.3. The van der Waals surface area contributed by atoms with Crippen molar-refractivity contribution in [1.82, 2.24) is 4.57 Å². The fourth-order valence-electron chi connectivity index (χ4n) is 13.7. The number of allylic oxidation sites excluding steroid dienone is 7. The van der Waals surface area contributed by atoms with Crippen LogP contribution in [-0.2, 0) is 11.8 Å². The number of anilines is 4. The summed E-state index contributed by atoms with van der Waals surface area (Å²) in [5.41, 5.74) is 24.5. The van der Waals surface area contributed by atoms with E-state index in [1.807, 2.05) is 0 Å². The van der Waals surface area contributed by atoms with Crippen molar-refractivity contribution in [3.63, 3.8) is 0 Å². The van der Waals surface area contributed by atoms with Crippen LogP contribution in [0, 0.1) is 0 Å². The van der Waals surface area contributed by atoms with E-state index in [0.29, 0.717) is 0 Å². The SMILES string of the molecule is C1=CCC(n2c3c(c4cccc(N(c5cccc6c5-c5ccccc5C65c6ccccc6-c6ccccc65)C5C=CC=C6C5c5ccccc5N6c5ccccc5)c42)C=C(c2ccccc2)CC3)C=C1. The molecule has 3 unspecified atom stereocenters. The molecule has 0 fully saturated rings. The zero-order chi connectivity index (χ0) is 45.9. The lowest BCUT2D eigenvalue weighted by molar-refractivity contribution is 0.598. The number of benzene rings is 8. The number of hydrogen-bond acceptors (Lipinski definition) is 2. The lowest BCUT2D eigenvalue weighted by Gasteiger charge is -2.40. The van der Waals surface area contributed by atoms with Gasteiger partial charge in [-0.1, -0.05) is 200 Å². The molecule has 0 bridgehead atoms. The first kappa shape index (κ1) is 39.6. The highest BCUT2D eigenvalue weighted by Gasteiger charge is 2.53. The summed E-state index contributed by atoms with van der Waals surface area (Å²) in [5, 5.41) is 1.31. The van der Waals surface area contributed by atoms with E-state index in [-0.39, 0.29) is 18.0 Å². The van der Waals surface area contributed by atoms with Crippen LogP contribution in [0.2, 0.25) is 0 Å². The van der Waals surface area contributed by atoms with Crippen molar-refractivity contribution in [3.8, 4) is 22.3 Å². The van der Waals surface area contributed by atoms with E-state index >= 15 is 0 Å². The number of nitrogens with zero attached hydrogens (tertiary/aromatic N) is 3. The number of hydrogen-bond donors (Lipinski definition) is 0. The summed E-state index contributed by atoms with van der Waals surface area (Å²) in [6.45, 7) is 0. The zero-order valence-corrected chi connectivity index (χ0v) is 38.8. The minimum Gasteiger partial charge on any atom is -0.335 e. The fourth-order valence-corrected chi connectivity index (χ4v) is 13.7. The summed E-state index contributed by atoms with van der Waals surface area (Å²) in [6.07, 6.45) is 21.9. The maximum absolute atomic E-state index is 2.79. The van der Waals surface area contributed by atoms with Crippen LogP contribution < -0.4 is 9.80 Å². The number of para-hydroxylation sites is 3. The van der Waals surface area contributed by atoms with Crippen molar-refractivity contribution >= 4 is 45.3 Å². The third-order valence-corrected chi connectivity index (χ3v) is 16.4. The molecule has 1 aliphatic heterocycles. The molecule has 8 aromatic carbocycles. The van der Waals surface area contributed by atoms with Crippen molar-refractivity contribution in [2.75, 3.05) is 9.80 Å². The number of fused-ring (bicyclic) bond motifs is 16. The highest BCUT2D eigenvalue weighted by molar-refractivity contribution is 6.07. The Morgan fingerprint density at radius 2 is 1.19 bits per heavy atom. The van der Waals surface area contributed by atoms with Gasteiger partial charge in [0.2, 0.25) is 0 Å². The van der Waals surface area contributed by atoms with Gasteiger partial charge in [0.1, 0.15) is 0 Å².